The zero-order valence-corrected chi connectivity index (χ0v) is 15.0. The van der Waals surface area contributed by atoms with Gasteiger partial charge < -0.3 is 0 Å². The number of hydrogen-bond acceptors (Lipinski definition) is 1. The topological polar surface area (TPSA) is 23.8 Å². The van der Waals surface area contributed by atoms with Gasteiger partial charge in [-0.25, -0.2) is 4.39 Å². The second-order valence-electron chi connectivity index (χ2n) is 8.04. The van der Waals surface area contributed by atoms with Crippen LogP contribution in [0.25, 0.3) is 0 Å². The Bertz CT molecular complexity index is 593. The van der Waals surface area contributed by atoms with E-state index in [4.69, 9.17) is 5.26 Å². The van der Waals surface area contributed by atoms with Crippen molar-refractivity contribution in [2.24, 2.45) is 17.8 Å². The van der Waals surface area contributed by atoms with Crippen LogP contribution in [0.2, 0.25) is 0 Å². The number of halogens is 1. The Morgan fingerprint density at radius 2 is 1.67 bits per heavy atom. The van der Waals surface area contributed by atoms with E-state index in [1.54, 1.807) is 6.07 Å². The molecule has 0 heterocycles. The molecule has 130 valence electrons. The first kappa shape index (κ1) is 17.5. The third-order valence-corrected chi connectivity index (χ3v) is 6.42. The second kappa shape index (κ2) is 8.15. The summed E-state index contributed by atoms with van der Waals surface area (Å²) < 4.78 is 14.2. The lowest BCUT2D eigenvalue weighted by Gasteiger charge is -2.30. The van der Waals surface area contributed by atoms with E-state index in [2.05, 4.69) is 6.92 Å². The third kappa shape index (κ3) is 4.00. The number of nitrogens with zero attached hydrogens (tertiary/aromatic N) is 1. The fourth-order valence-corrected chi connectivity index (χ4v) is 4.91. The molecule has 24 heavy (non-hydrogen) atoms. The van der Waals surface area contributed by atoms with Gasteiger partial charge in [0.25, 0.3) is 0 Å². The fraction of sp³-hybridized carbons (Fsp3) is 0.682. The molecule has 0 aromatic heterocycles. The lowest BCUT2D eigenvalue weighted by Crippen LogP contribution is -2.19. The van der Waals surface area contributed by atoms with Crippen molar-refractivity contribution < 1.29 is 4.39 Å². The average Bonchev–Trinajstić information content (AvgIpc) is 2.62. The number of hydrogen-bond donors (Lipinski definition) is 0. The van der Waals surface area contributed by atoms with Gasteiger partial charge in [0.05, 0.1) is 5.56 Å². The maximum absolute atomic E-state index is 14.2. The predicted octanol–water partition coefficient (Wildman–Crippen LogP) is 6.19. The van der Waals surface area contributed by atoms with Crippen LogP contribution < -0.4 is 0 Å². The molecule has 1 atom stereocenters. The molecule has 1 aromatic rings. The van der Waals surface area contributed by atoms with Crippen LogP contribution in [-0.2, 0) is 12.8 Å². The maximum atomic E-state index is 14.2. The minimum Gasteiger partial charge on any atom is -0.205 e. The third-order valence-electron chi connectivity index (χ3n) is 6.42. The van der Waals surface area contributed by atoms with Crippen LogP contribution in [0.4, 0.5) is 4.39 Å². The molecule has 0 aliphatic heterocycles. The highest BCUT2D eigenvalue weighted by Crippen LogP contribution is 2.37. The van der Waals surface area contributed by atoms with Crippen LogP contribution in [0.1, 0.15) is 81.4 Å². The van der Waals surface area contributed by atoms with Crippen molar-refractivity contribution in [2.45, 2.75) is 77.6 Å². The molecule has 0 spiro atoms. The van der Waals surface area contributed by atoms with Gasteiger partial charge in [0.1, 0.15) is 11.9 Å². The molecule has 1 saturated carbocycles. The summed E-state index contributed by atoms with van der Waals surface area (Å²) in [6.07, 6.45) is 14.0. The van der Waals surface area contributed by atoms with Crippen LogP contribution in [0.15, 0.2) is 12.1 Å². The number of rotatable bonds is 5. The first-order chi connectivity index (χ1) is 11.7. The van der Waals surface area contributed by atoms with Crippen LogP contribution in [0, 0.1) is 34.9 Å². The molecule has 1 nitrogen and oxygen atoms in total. The van der Waals surface area contributed by atoms with Gasteiger partial charge in [-0.05, 0) is 60.6 Å². The summed E-state index contributed by atoms with van der Waals surface area (Å²) >= 11 is 0. The molecule has 0 bridgehead atoms. The van der Waals surface area contributed by atoms with Crippen molar-refractivity contribution in [3.8, 4) is 6.07 Å². The van der Waals surface area contributed by atoms with Gasteiger partial charge in [-0.2, -0.15) is 5.26 Å². The summed E-state index contributed by atoms with van der Waals surface area (Å²) in [5.74, 6) is 2.36. The molecule has 2 aliphatic carbocycles. The van der Waals surface area contributed by atoms with Gasteiger partial charge >= 0.3 is 0 Å². The summed E-state index contributed by atoms with van der Waals surface area (Å²) in [5.41, 5.74) is 2.16. The van der Waals surface area contributed by atoms with E-state index in [0.717, 1.165) is 42.2 Å². The molecular weight excluding hydrogens is 297 g/mol. The van der Waals surface area contributed by atoms with Crippen molar-refractivity contribution >= 4 is 0 Å². The first-order valence-corrected chi connectivity index (χ1v) is 9.91. The molecule has 0 amide bonds. The maximum Gasteiger partial charge on any atom is 0.144 e. The van der Waals surface area contributed by atoms with Gasteiger partial charge in [-0.1, -0.05) is 57.9 Å². The quantitative estimate of drug-likeness (QED) is 0.632. The number of fused-ring (bicyclic) bond motifs is 1. The molecule has 1 fully saturated rings. The molecule has 1 unspecified atom stereocenters. The summed E-state index contributed by atoms with van der Waals surface area (Å²) in [4.78, 5) is 0. The lowest BCUT2D eigenvalue weighted by molar-refractivity contribution is 0.236. The zero-order valence-electron chi connectivity index (χ0n) is 15.0. The van der Waals surface area contributed by atoms with Crippen LogP contribution in [0.5, 0.6) is 0 Å². The monoisotopic (exact) mass is 327 g/mol. The molecule has 1 aromatic carbocycles. The molecule has 0 N–H and O–H groups in total. The number of nitriles is 1. The highest BCUT2D eigenvalue weighted by molar-refractivity contribution is 5.41. The van der Waals surface area contributed by atoms with Gasteiger partial charge in [0, 0.05) is 0 Å². The van der Waals surface area contributed by atoms with Crippen molar-refractivity contribution in [3.63, 3.8) is 0 Å². The SMILES string of the molecule is CCCC1CCC(CCC2CCc3c(ccc(C#N)c3F)C2)CC1. The van der Waals surface area contributed by atoms with Crippen molar-refractivity contribution in [1.29, 1.82) is 5.26 Å². The van der Waals surface area contributed by atoms with Gasteiger partial charge in [-0.15, -0.1) is 0 Å². The zero-order chi connectivity index (χ0) is 16.9. The highest BCUT2D eigenvalue weighted by atomic mass is 19.1. The minimum atomic E-state index is -0.261. The first-order valence-electron chi connectivity index (χ1n) is 9.91. The van der Waals surface area contributed by atoms with E-state index in [-0.39, 0.29) is 11.4 Å². The molecule has 0 saturated heterocycles. The molecular formula is C22H30FN. The van der Waals surface area contributed by atoms with Gasteiger partial charge in [0.15, 0.2) is 0 Å². The normalized spacial score (nSPS) is 26.6. The van der Waals surface area contributed by atoms with Crippen LogP contribution >= 0.6 is 0 Å². The Labute approximate surface area is 146 Å². The van der Waals surface area contributed by atoms with E-state index in [9.17, 15) is 4.39 Å². The standard InChI is InChI=1S/C22H30FN/c1-2-3-16-4-6-17(7-5-16)8-9-18-10-13-21-19(14-18)11-12-20(15-24)22(21)23/h11-12,16-18H,2-10,13-14H2,1H3. The van der Waals surface area contributed by atoms with Crippen molar-refractivity contribution in [2.75, 3.05) is 0 Å². The van der Waals surface area contributed by atoms with E-state index in [1.807, 2.05) is 12.1 Å². The molecule has 2 heteroatoms. The smallest absolute Gasteiger partial charge is 0.144 e. The van der Waals surface area contributed by atoms with Gasteiger partial charge in [-0.3, -0.25) is 0 Å². The molecule has 3 rings (SSSR count). The minimum absolute atomic E-state index is 0.205. The summed E-state index contributed by atoms with van der Waals surface area (Å²) in [6.45, 7) is 2.30. The number of benzene rings is 1. The largest absolute Gasteiger partial charge is 0.205 e. The second-order valence-corrected chi connectivity index (χ2v) is 8.04. The van der Waals surface area contributed by atoms with E-state index >= 15 is 0 Å². The lowest BCUT2D eigenvalue weighted by atomic mass is 9.75. The average molecular weight is 327 g/mol. The van der Waals surface area contributed by atoms with E-state index < -0.39 is 0 Å². The molecule has 2 aliphatic rings. The predicted molar refractivity (Wildman–Crippen MR) is 96.2 cm³/mol. The van der Waals surface area contributed by atoms with Gasteiger partial charge in [0.2, 0.25) is 0 Å². The Hall–Kier alpha value is -1.36. The Morgan fingerprint density at radius 1 is 1.00 bits per heavy atom. The van der Waals surface area contributed by atoms with Crippen molar-refractivity contribution in [1.82, 2.24) is 0 Å². The Kier molecular flexibility index (Phi) is 5.93. The van der Waals surface area contributed by atoms with E-state index in [1.165, 1.54) is 51.4 Å². The summed E-state index contributed by atoms with van der Waals surface area (Å²) in [7, 11) is 0. The van der Waals surface area contributed by atoms with Crippen molar-refractivity contribution in [3.05, 3.63) is 34.6 Å². The Balaban J connectivity index is 1.49. The fourth-order valence-electron chi connectivity index (χ4n) is 4.91. The van der Waals surface area contributed by atoms with E-state index in [0.29, 0.717) is 5.92 Å². The molecule has 0 radical (unpaired) electrons. The summed E-state index contributed by atoms with van der Waals surface area (Å²) in [6, 6.07) is 5.61. The highest BCUT2D eigenvalue weighted by Gasteiger charge is 2.25. The summed E-state index contributed by atoms with van der Waals surface area (Å²) in [5, 5.41) is 8.96. The Morgan fingerprint density at radius 3 is 2.33 bits per heavy atom. The van der Waals surface area contributed by atoms with Crippen LogP contribution in [0.3, 0.4) is 0 Å². The van der Waals surface area contributed by atoms with Crippen LogP contribution in [-0.4, -0.2) is 0 Å².